The summed E-state index contributed by atoms with van der Waals surface area (Å²) in [4.78, 5) is 4.39. The first-order valence-electron chi connectivity index (χ1n) is 5.23. The van der Waals surface area contributed by atoms with Crippen LogP contribution in [0, 0.1) is 0 Å². The van der Waals surface area contributed by atoms with Gasteiger partial charge in [-0.1, -0.05) is 12.1 Å². The fourth-order valence-electron chi connectivity index (χ4n) is 1.48. The van der Waals surface area contributed by atoms with Gasteiger partial charge in [0, 0.05) is 6.42 Å². The molecule has 2 N–H and O–H groups in total. The predicted octanol–water partition coefficient (Wildman–Crippen LogP) is 1.76. The van der Waals surface area contributed by atoms with E-state index in [1.165, 1.54) is 12.8 Å². The third-order valence-corrected chi connectivity index (χ3v) is 2.41. The minimum Gasteiger partial charge on any atom is -0.497 e. The van der Waals surface area contributed by atoms with Gasteiger partial charge in [0.15, 0.2) is 0 Å². The molecule has 1 aromatic rings. The van der Waals surface area contributed by atoms with Crippen molar-refractivity contribution in [2.24, 2.45) is 10.7 Å². The maximum Gasteiger partial charge on any atom is 0.119 e. The summed E-state index contributed by atoms with van der Waals surface area (Å²) in [5.74, 6) is 1.59. The maximum atomic E-state index is 5.85. The van der Waals surface area contributed by atoms with Crippen LogP contribution in [0.4, 0.5) is 0 Å². The second-order valence-corrected chi connectivity index (χ2v) is 3.88. The second kappa shape index (κ2) is 4.34. The van der Waals surface area contributed by atoms with Crippen LogP contribution < -0.4 is 10.5 Å². The molecule has 0 saturated heterocycles. The molecule has 3 heteroatoms. The van der Waals surface area contributed by atoms with Crippen LogP contribution >= 0.6 is 0 Å². The first kappa shape index (κ1) is 10.0. The molecule has 1 aliphatic rings. The van der Waals surface area contributed by atoms with E-state index in [1.807, 2.05) is 24.3 Å². The molecule has 1 saturated carbocycles. The lowest BCUT2D eigenvalue weighted by Crippen LogP contribution is -2.15. The molecule has 0 bridgehead atoms. The lowest BCUT2D eigenvalue weighted by molar-refractivity contribution is 0.414. The number of hydrogen-bond donors (Lipinski definition) is 1. The molecule has 1 aliphatic carbocycles. The smallest absolute Gasteiger partial charge is 0.119 e. The van der Waals surface area contributed by atoms with Gasteiger partial charge < -0.3 is 10.5 Å². The summed E-state index contributed by atoms with van der Waals surface area (Å²) in [6.45, 7) is 0. The first-order valence-corrected chi connectivity index (χ1v) is 5.23. The molecule has 0 aliphatic heterocycles. The number of benzene rings is 1. The van der Waals surface area contributed by atoms with Gasteiger partial charge in [-0.05, 0) is 30.5 Å². The SMILES string of the molecule is COc1cccc(CC(N)=NC2CC2)c1. The van der Waals surface area contributed by atoms with Crippen LogP contribution in [0.3, 0.4) is 0 Å². The monoisotopic (exact) mass is 204 g/mol. The molecule has 80 valence electrons. The molecule has 0 atom stereocenters. The van der Waals surface area contributed by atoms with Gasteiger partial charge in [-0.15, -0.1) is 0 Å². The van der Waals surface area contributed by atoms with Gasteiger partial charge in [-0.2, -0.15) is 0 Å². The Kier molecular flexibility index (Phi) is 2.90. The number of methoxy groups -OCH3 is 1. The third kappa shape index (κ3) is 2.98. The molecule has 0 heterocycles. The molecule has 1 aromatic carbocycles. The predicted molar refractivity (Wildman–Crippen MR) is 61.3 cm³/mol. The highest BCUT2D eigenvalue weighted by molar-refractivity contribution is 5.83. The van der Waals surface area contributed by atoms with Gasteiger partial charge in [0.1, 0.15) is 5.75 Å². The lowest BCUT2D eigenvalue weighted by Gasteiger charge is -2.04. The first-order chi connectivity index (χ1) is 7.28. The van der Waals surface area contributed by atoms with Crippen LogP contribution in [0.1, 0.15) is 18.4 Å². The Labute approximate surface area is 90.0 Å². The van der Waals surface area contributed by atoms with Crippen molar-refractivity contribution in [2.45, 2.75) is 25.3 Å². The fraction of sp³-hybridized carbons (Fsp3) is 0.417. The highest BCUT2D eigenvalue weighted by Crippen LogP contribution is 2.23. The minimum absolute atomic E-state index is 0.496. The van der Waals surface area contributed by atoms with Gasteiger partial charge in [0.25, 0.3) is 0 Å². The summed E-state index contributed by atoms with van der Waals surface area (Å²) in [7, 11) is 1.67. The van der Waals surface area contributed by atoms with Gasteiger partial charge in [-0.25, -0.2) is 0 Å². The lowest BCUT2D eigenvalue weighted by atomic mass is 10.1. The van der Waals surface area contributed by atoms with E-state index < -0.39 is 0 Å². The second-order valence-electron chi connectivity index (χ2n) is 3.88. The standard InChI is InChI=1S/C12H16N2O/c1-15-11-4-2-3-9(7-11)8-12(13)14-10-5-6-10/h2-4,7,10H,5-6,8H2,1H3,(H2,13,14). The molecular formula is C12H16N2O. The van der Waals surface area contributed by atoms with E-state index in [4.69, 9.17) is 10.5 Å². The summed E-state index contributed by atoms with van der Waals surface area (Å²) < 4.78 is 5.15. The summed E-state index contributed by atoms with van der Waals surface area (Å²) in [6.07, 6.45) is 3.10. The van der Waals surface area contributed by atoms with E-state index in [2.05, 4.69) is 4.99 Å². The molecule has 15 heavy (non-hydrogen) atoms. The molecule has 2 rings (SSSR count). The van der Waals surface area contributed by atoms with Crippen molar-refractivity contribution < 1.29 is 4.74 Å². The molecule has 0 amide bonds. The molecule has 0 aromatic heterocycles. The van der Waals surface area contributed by atoms with E-state index >= 15 is 0 Å². The van der Waals surface area contributed by atoms with Crippen LogP contribution in [0.15, 0.2) is 29.3 Å². The summed E-state index contributed by atoms with van der Waals surface area (Å²) in [5, 5.41) is 0. The fourth-order valence-corrected chi connectivity index (χ4v) is 1.48. The van der Waals surface area contributed by atoms with Crippen molar-refractivity contribution in [3.8, 4) is 5.75 Å². The van der Waals surface area contributed by atoms with Crippen LogP contribution in [0.5, 0.6) is 5.75 Å². The van der Waals surface area contributed by atoms with E-state index in [0.717, 1.165) is 17.1 Å². The van der Waals surface area contributed by atoms with Crippen molar-refractivity contribution >= 4 is 5.84 Å². The molecule has 0 radical (unpaired) electrons. The van der Waals surface area contributed by atoms with Crippen LogP contribution in [-0.4, -0.2) is 19.0 Å². The van der Waals surface area contributed by atoms with E-state index in [9.17, 15) is 0 Å². The Morgan fingerprint density at radius 2 is 2.33 bits per heavy atom. The number of aliphatic imine (C=N–C) groups is 1. The number of amidine groups is 1. The molecule has 3 nitrogen and oxygen atoms in total. The summed E-state index contributed by atoms with van der Waals surface area (Å²) in [5.41, 5.74) is 7.00. The Bertz CT molecular complexity index is 370. The van der Waals surface area contributed by atoms with Crippen molar-refractivity contribution in [1.29, 1.82) is 0 Å². The molecule has 0 spiro atoms. The largest absolute Gasteiger partial charge is 0.497 e. The van der Waals surface area contributed by atoms with E-state index in [1.54, 1.807) is 7.11 Å². The average Bonchev–Trinajstić information content (AvgIpc) is 3.02. The van der Waals surface area contributed by atoms with E-state index in [-0.39, 0.29) is 0 Å². The van der Waals surface area contributed by atoms with Gasteiger partial charge in [-0.3, -0.25) is 4.99 Å². The molecule has 0 unspecified atom stereocenters. The van der Waals surface area contributed by atoms with E-state index in [0.29, 0.717) is 12.5 Å². The van der Waals surface area contributed by atoms with Crippen molar-refractivity contribution in [3.63, 3.8) is 0 Å². The van der Waals surface area contributed by atoms with Gasteiger partial charge in [0.2, 0.25) is 0 Å². The minimum atomic E-state index is 0.496. The topological polar surface area (TPSA) is 47.6 Å². The number of nitrogens with two attached hydrogens (primary N) is 1. The summed E-state index contributed by atoms with van der Waals surface area (Å²) in [6, 6.07) is 8.43. The highest BCUT2D eigenvalue weighted by Gasteiger charge is 2.20. The Morgan fingerprint density at radius 3 is 3.00 bits per heavy atom. The third-order valence-electron chi connectivity index (χ3n) is 2.41. The zero-order valence-corrected chi connectivity index (χ0v) is 8.94. The number of nitrogens with zero attached hydrogens (tertiary/aromatic N) is 1. The van der Waals surface area contributed by atoms with Crippen LogP contribution in [0.2, 0.25) is 0 Å². The highest BCUT2D eigenvalue weighted by atomic mass is 16.5. The number of rotatable bonds is 4. The van der Waals surface area contributed by atoms with Crippen molar-refractivity contribution in [3.05, 3.63) is 29.8 Å². The van der Waals surface area contributed by atoms with Crippen molar-refractivity contribution in [1.82, 2.24) is 0 Å². The Balaban J connectivity index is 2.02. The summed E-state index contributed by atoms with van der Waals surface area (Å²) >= 11 is 0. The Morgan fingerprint density at radius 1 is 1.53 bits per heavy atom. The zero-order chi connectivity index (χ0) is 10.7. The molecular weight excluding hydrogens is 188 g/mol. The number of hydrogen-bond acceptors (Lipinski definition) is 2. The van der Waals surface area contributed by atoms with Gasteiger partial charge >= 0.3 is 0 Å². The maximum absolute atomic E-state index is 5.85. The quantitative estimate of drug-likeness (QED) is 0.600. The number of ether oxygens (including phenoxy) is 1. The van der Waals surface area contributed by atoms with Gasteiger partial charge in [0.05, 0.1) is 19.0 Å². The molecule has 1 fully saturated rings. The van der Waals surface area contributed by atoms with Crippen molar-refractivity contribution in [2.75, 3.05) is 7.11 Å². The Hall–Kier alpha value is -1.51. The van der Waals surface area contributed by atoms with Crippen LogP contribution in [-0.2, 0) is 6.42 Å². The zero-order valence-electron chi connectivity index (χ0n) is 8.94. The normalized spacial score (nSPS) is 16.5. The average molecular weight is 204 g/mol. The van der Waals surface area contributed by atoms with Crippen LogP contribution in [0.25, 0.3) is 0 Å².